The molecule has 0 unspecified atom stereocenters. The molecule has 17 heavy (non-hydrogen) atoms. The highest BCUT2D eigenvalue weighted by molar-refractivity contribution is 5.95. The lowest BCUT2D eigenvalue weighted by Gasteiger charge is -2.33. The highest BCUT2D eigenvalue weighted by Crippen LogP contribution is 2.26. The molecule has 0 saturated carbocycles. The highest BCUT2D eigenvalue weighted by atomic mass is 19.1. The van der Waals surface area contributed by atoms with Crippen molar-refractivity contribution in [1.82, 2.24) is 4.90 Å². The van der Waals surface area contributed by atoms with Crippen molar-refractivity contribution >= 4 is 11.6 Å². The molecule has 4 heteroatoms. The van der Waals surface area contributed by atoms with Crippen molar-refractivity contribution in [3.8, 4) is 0 Å². The minimum atomic E-state index is -0.391. The van der Waals surface area contributed by atoms with Crippen molar-refractivity contribution in [1.29, 1.82) is 0 Å². The Morgan fingerprint density at radius 3 is 2.71 bits per heavy atom. The first-order chi connectivity index (χ1) is 8.15. The lowest BCUT2D eigenvalue weighted by atomic mass is 10.1. The molecule has 0 radical (unpaired) electrons. The molecular formula is C13H17FN2O. The number of carbonyl (C=O) groups excluding carboxylic acids is 1. The highest BCUT2D eigenvalue weighted by Gasteiger charge is 2.23. The van der Waals surface area contributed by atoms with E-state index in [4.69, 9.17) is 0 Å². The summed E-state index contributed by atoms with van der Waals surface area (Å²) >= 11 is 0. The van der Waals surface area contributed by atoms with Gasteiger partial charge in [-0.1, -0.05) is 6.07 Å². The number of amides is 1. The van der Waals surface area contributed by atoms with Crippen molar-refractivity contribution in [3.05, 3.63) is 29.6 Å². The molecule has 1 aromatic carbocycles. The summed E-state index contributed by atoms with van der Waals surface area (Å²) < 4.78 is 14.2. The lowest BCUT2D eigenvalue weighted by Crippen LogP contribution is -2.38. The predicted molar refractivity (Wildman–Crippen MR) is 65.9 cm³/mol. The number of rotatable bonds is 3. The molecular weight excluding hydrogens is 219 g/mol. The van der Waals surface area contributed by atoms with Gasteiger partial charge >= 0.3 is 0 Å². The summed E-state index contributed by atoms with van der Waals surface area (Å²) in [6.45, 7) is 4.19. The van der Waals surface area contributed by atoms with Crippen LogP contribution in [0.4, 0.5) is 10.1 Å². The minimum absolute atomic E-state index is 0.166. The van der Waals surface area contributed by atoms with Gasteiger partial charge in [0.2, 0.25) is 0 Å². The Bertz CT molecular complexity index is 429. The van der Waals surface area contributed by atoms with E-state index < -0.39 is 5.82 Å². The first-order valence-electron chi connectivity index (χ1n) is 5.94. The molecule has 0 atom stereocenters. The van der Waals surface area contributed by atoms with Crippen LogP contribution in [0.5, 0.6) is 0 Å². The number of carbonyl (C=O) groups is 1. The lowest BCUT2D eigenvalue weighted by molar-refractivity contribution is 0.0798. The Kier molecular flexibility index (Phi) is 3.31. The molecule has 1 heterocycles. The molecule has 3 nitrogen and oxygen atoms in total. The summed E-state index contributed by atoms with van der Waals surface area (Å²) in [5, 5.41) is 0. The molecule has 0 aliphatic carbocycles. The first kappa shape index (κ1) is 11.9. The molecule has 1 aliphatic rings. The van der Waals surface area contributed by atoms with E-state index in [0.717, 1.165) is 19.5 Å². The number of halogens is 1. The topological polar surface area (TPSA) is 23.6 Å². The zero-order valence-electron chi connectivity index (χ0n) is 10.2. The monoisotopic (exact) mass is 236 g/mol. The Balaban J connectivity index is 2.31. The number of hydrogen-bond donors (Lipinski definition) is 0. The predicted octanol–water partition coefficient (Wildman–Crippen LogP) is 2.13. The maximum Gasteiger partial charge on any atom is 0.256 e. The van der Waals surface area contributed by atoms with E-state index in [-0.39, 0.29) is 11.5 Å². The summed E-state index contributed by atoms with van der Waals surface area (Å²) in [6, 6.07) is 5.03. The van der Waals surface area contributed by atoms with Gasteiger partial charge in [-0.05, 0) is 25.5 Å². The van der Waals surface area contributed by atoms with Gasteiger partial charge in [0.25, 0.3) is 5.91 Å². The summed E-state index contributed by atoms with van der Waals surface area (Å²) in [6.07, 6.45) is 1.09. The molecule has 0 N–H and O–H groups in total. The van der Waals surface area contributed by atoms with Gasteiger partial charge in [0.15, 0.2) is 5.82 Å². The van der Waals surface area contributed by atoms with Crippen LogP contribution in [-0.4, -0.2) is 37.5 Å². The van der Waals surface area contributed by atoms with Crippen molar-refractivity contribution in [2.24, 2.45) is 0 Å². The van der Waals surface area contributed by atoms with Gasteiger partial charge in [-0.3, -0.25) is 4.79 Å². The maximum atomic E-state index is 14.2. The van der Waals surface area contributed by atoms with Crippen molar-refractivity contribution in [2.75, 3.05) is 31.6 Å². The van der Waals surface area contributed by atoms with Crippen LogP contribution in [0, 0.1) is 5.82 Å². The second-order valence-corrected chi connectivity index (χ2v) is 4.30. The third-order valence-corrected chi connectivity index (χ3v) is 3.23. The second-order valence-electron chi connectivity index (χ2n) is 4.30. The van der Waals surface area contributed by atoms with E-state index in [2.05, 4.69) is 0 Å². The van der Waals surface area contributed by atoms with Gasteiger partial charge in [-0.25, -0.2) is 4.39 Å². The van der Waals surface area contributed by atoms with Crippen LogP contribution in [0.2, 0.25) is 0 Å². The molecule has 1 aliphatic heterocycles. The van der Waals surface area contributed by atoms with Crippen LogP contribution in [0.3, 0.4) is 0 Å². The largest absolute Gasteiger partial charge is 0.369 e. The molecule has 1 fully saturated rings. The summed E-state index contributed by atoms with van der Waals surface area (Å²) in [4.78, 5) is 15.4. The van der Waals surface area contributed by atoms with Crippen LogP contribution < -0.4 is 4.90 Å². The van der Waals surface area contributed by atoms with Crippen molar-refractivity contribution in [2.45, 2.75) is 13.3 Å². The maximum absolute atomic E-state index is 14.2. The van der Waals surface area contributed by atoms with Gasteiger partial charge < -0.3 is 9.80 Å². The fourth-order valence-corrected chi connectivity index (χ4v) is 1.84. The van der Waals surface area contributed by atoms with Gasteiger partial charge in [0, 0.05) is 26.7 Å². The van der Waals surface area contributed by atoms with Crippen molar-refractivity contribution < 1.29 is 9.18 Å². The molecule has 1 amide bonds. The Morgan fingerprint density at radius 2 is 2.18 bits per heavy atom. The normalized spacial score (nSPS) is 14.4. The fourth-order valence-electron chi connectivity index (χ4n) is 1.84. The van der Waals surface area contributed by atoms with Crippen molar-refractivity contribution in [3.63, 3.8) is 0 Å². The fraction of sp³-hybridized carbons (Fsp3) is 0.462. The Morgan fingerprint density at radius 1 is 1.47 bits per heavy atom. The molecule has 92 valence electrons. The van der Waals surface area contributed by atoms with Gasteiger partial charge in [0.1, 0.15) is 0 Å². The van der Waals surface area contributed by atoms with Gasteiger partial charge in [0.05, 0.1) is 11.3 Å². The summed E-state index contributed by atoms with van der Waals surface area (Å²) in [5.74, 6) is -0.648. The number of anilines is 1. The molecule has 0 spiro atoms. The van der Waals surface area contributed by atoms with Crippen LogP contribution in [-0.2, 0) is 0 Å². The van der Waals surface area contributed by atoms with E-state index in [1.54, 1.807) is 25.2 Å². The Labute approximate surface area is 101 Å². The molecule has 1 saturated heterocycles. The van der Waals surface area contributed by atoms with Crippen LogP contribution >= 0.6 is 0 Å². The standard InChI is InChI=1S/C13H17FN2O/c1-3-15(2)13(17)10-6-4-7-11(12(10)14)16-8-5-9-16/h4,6-7H,3,5,8-9H2,1-2H3. The summed E-state index contributed by atoms with van der Waals surface area (Å²) in [7, 11) is 1.68. The van der Waals surface area contributed by atoms with Crippen LogP contribution in [0.25, 0.3) is 0 Å². The van der Waals surface area contributed by atoms with E-state index >= 15 is 0 Å². The Hall–Kier alpha value is -1.58. The minimum Gasteiger partial charge on any atom is -0.369 e. The zero-order chi connectivity index (χ0) is 12.4. The quantitative estimate of drug-likeness (QED) is 0.802. The second kappa shape index (κ2) is 4.73. The first-order valence-corrected chi connectivity index (χ1v) is 5.94. The van der Waals surface area contributed by atoms with E-state index in [1.165, 1.54) is 4.90 Å². The summed E-state index contributed by atoms with van der Waals surface area (Å²) in [5.41, 5.74) is 0.713. The number of hydrogen-bond acceptors (Lipinski definition) is 2. The SMILES string of the molecule is CCN(C)C(=O)c1cccc(N2CCC2)c1F. The molecule has 2 rings (SSSR count). The van der Waals surface area contributed by atoms with Crippen LogP contribution in [0.1, 0.15) is 23.7 Å². The van der Waals surface area contributed by atoms with Crippen LogP contribution in [0.15, 0.2) is 18.2 Å². The van der Waals surface area contributed by atoms with Gasteiger partial charge in [-0.15, -0.1) is 0 Å². The third-order valence-electron chi connectivity index (χ3n) is 3.23. The molecule has 0 aromatic heterocycles. The smallest absolute Gasteiger partial charge is 0.256 e. The van der Waals surface area contributed by atoms with E-state index in [9.17, 15) is 9.18 Å². The number of benzene rings is 1. The molecule has 0 bridgehead atoms. The average Bonchev–Trinajstić information content (AvgIpc) is 2.27. The van der Waals surface area contributed by atoms with E-state index in [0.29, 0.717) is 12.2 Å². The zero-order valence-corrected chi connectivity index (χ0v) is 10.2. The average molecular weight is 236 g/mol. The van der Waals surface area contributed by atoms with E-state index in [1.807, 2.05) is 11.8 Å². The number of nitrogens with zero attached hydrogens (tertiary/aromatic N) is 2. The molecule has 1 aromatic rings. The van der Waals surface area contributed by atoms with Gasteiger partial charge in [-0.2, -0.15) is 0 Å². The third kappa shape index (κ3) is 2.12.